The van der Waals surface area contributed by atoms with Gasteiger partial charge in [-0.25, -0.2) is 0 Å². The first-order valence-corrected chi connectivity index (χ1v) is 5.61. The van der Waals surface area contributed by atoms with Gasteiger partial charge in [0.2, 0.25) is 0 Å². The Hall–Kier alpha value is -2.02. The van der Waals surface area contributed by atoms with E-state index in [1.54, 1.807) is 0 Å². The third-order valence-electron chi connectivity index (χ3n) is 3.43. The summed E-state index contributed by atoms with van der Waals surface area (Å²) in [5.41, 5.74) is 4.21. The Morgan fingerprint density at radius 3 is 2.81 bits per heavy atom. The molecule has 1 aliphatic heterocycles. The van der Waals surface area contributed by atoms with E-state index in [-0.39, 0.29) is 0 Å². The van der Waals surface area contributed by atoms with Crippen molar-refractivity contribution >= 4 is 10.8 Å². The standard InChI is InChI=1S/C15H11N/c1-2-6-14-11(4-1)7-8-12-10-13-5-3-9-16(13)15(12)14/h1-9H,10H2. The Morgan fingerprint density at radius 2 is 1.81 bits per heavy atom. The predicted octanol–water partition coefficient (Wildman–Crippen LogP) is 3.53. The molecule has 0 amide bonds. The van der Waals surface area contributed by atoms with E-state index in [1.807, 2.05) is 0 Å². The molecule has 0 radical (unpaired) electrons. The Labute approximate surface area is 93.9 Å². The molecule has 1 aromatic heterocycles. The van der Waals surface area contributed by atoms with Crippen molar-refractivity contribution in [1.82, 2.24) is 4.57 Å². The minimum absolute atomic E-state index is 1.06. The molecule has 0 saturated carbocycles. The topological polar surface area (TPSA) is 4.93 Å². The first-order chi connectivity index (χ1) is 7.93. The van der Waals surface area contributed by atoms with E-state index in [4.69, 9.17) is 0 Å². The van der Waals surface area contributed by atoms with Crippen molar-refractivity contribution in [3.05, 3.63) is 66.0 Å². The van der Waals surface area contributed by atoms with Crippen LogP contribution in [0.2, 0.25) is 0 Å². The molecule has 0 spiro atoms. The lowest BCUT2D eigenvalue weighted by atomic mass is 10.0. The van der Waals surface area contributed by atoms with Crippen LogP contribution in [-0.2, 0) is 6.42 Å². The van der Waals surface area contributed by atoms with Crippen LogP contribution in [-0.4, -0.2) is 4.57 Å². The zero-order valence-electron chi connectivity index (χ0n) is 8.85. The molecule has 1 heteroatoms. The highest BCUT2D eigenvalue weighted by Gasteiger charge is 2.18. The Balaban J connectivity index is 2.20. The van der Waals surface area contributed by atoms with Gasteiger partial charge in [-0.05, 0) is 23.1 Å². The van der Waals surface area contributed by atoms with Crippen LogP contribution in [0.1, 0.15) is 11.3 Å². The minimum atomic E-state index is 1.06. The SMILES string of the molecule is c1ccc2c3c(ccc2c1)Cc1cccn1-3. The molecule has 0 aliphatic carbocycles. The molecule has 0 bridgehead atoms. The van der Waals surface area contributed by atoms with Crippen LogP contribution < -0.4 is 0 Å². The van der Waals surface area contributed by atoms with E-state index in [9.17, 15) is 0 Å². The number of aromatic nitrogens is 1. The Kier molecular flexibility index (Phi) is 1.41. The predicted molar refractivity (Wildman–Crippen MR) is 66.1 cm³/mol. The summed E-state index contributed by atoms with van der Waals surface area (Å²) in [6, 6.07) is 17.4. The molecule has 0 saturated heterocycles. The molecule has 3 aromatic rings. The molecule has 2 aromatic carbocycles. The van der Waals surface area contributed by atoms with E-state index in [2.05, 4.69) is 59.3 Å². The largest absolute Gasteiger partial charge is 0.320 e. The molecule has 0 N–H and O–H groups in total. The van der Waals surface area contributed by atoms with Crippen molar-refractivity contribution in [3.8, 4) is 5.69 Å². The van der Waals surface area contributed by atoms with Gasteiger partial charge in [0, 0.05) is 23.7 Å². The number of fused-ring (bicyclic) bond motifs is 5. The van der Waals surface area contributed by atoms with Crippen molar-refractivity contribution < 1.29 is 0 Å². The summed E-state index contributed by atoms with van der Waals surface area (Å²) >= 11 is 0. The van der Waals surface area contributed by atoms with E-state index in [1.165, 1.54) is 27.7 Å². The van der Waals surface area contributed by atoms with E-state index in [0.717, 1.165) is 6.42 Å². The smallest absolute Gasteiger partial charge is 0.0566 e. The summed E-state index contributed by atoms with van der Waals surface area (Å²) in [5.74, 6) is 0. The number of hydrogen-bond donors (Lipinski definition) is 0. The Morgan fingerprint density at radius 1 is 0.875 bits per heavy atom. The average Bonchev–Trinajstić information content (AvgIpc) is 2.88. The van der Waals surface area contributed by atoms with Gasteiger partial charge in [-0.2, -0.15) is 0 Å². The third kappa shape index (κ3) is 0.904. The lowest BCUT2D eigenvalue weighted by molar-refractivity contribution is 1.06. The first-order valence-electron chi connectivity index (χ1n) is 5.61. The van der Waals surface area contributed by atoms with Gasteiger partial charge in [-0.15, -0.1) is 0 Å². The minimum Gasteiger partial charge on any atom is -0.320 e. The van der Waals surface area contributed by atoms with E-state index < -0.39 is 0 Å². The second kappa shape index (κ2) is 2.76. The zero-order chi connectivity index (χ0) is 10.5. The summed E-state index contributed by atoms with van der Waals surface area (Å²) in [6.45, 7) is 0. The summed E-state index contributed by atoms with van der Waals surface area (Å²) < 4.78 is 2.32. The third-order valence-corrected chi connectivity index (χ3v) is 3.43. The highest BCUT2D eigenvalue weighted by atomic mass is 15.0. The van der Waals surface area contributed by atoms with Gasteiger partial charge >= 0.3 is 0 Å². The molecule has 0 unspecified atom stereocenters. The molecule has 16 heavy (non-hydrogen) atoms. The summed E-state index contributed by atoms with van der Waals surface area (Å²) in [7, 11) is 0. The second-order valence-electron chi connectivity index (χ2n) is 4.34. The number of hydrogen-bond acceptors (Lipinski definition) is 0. The molecule has 4 rings (SSSR count). The molecule has 0 atom stereocenters. The van der Waals surface area contributed by atoms with Crippen LogP contribution in [0.3, 0.4) is 0 Å². The average molecular weight is 205 g/mol. The first kappa shape index (κ1) is 8.17. The van der Waals surface area contributed by atoms with Crippen LogP contribution in [0.25, 0.3) is 16.5 Å². The number of rotatable bonds is 0. The van der Waals surface area contributed by atoms with Crippen LogP contribution in [0.5, 0.6) is 0 Å². The molecule has 1 aliphatic rings. The molecule has 1 nitrogen and oxygen atoms in total. The normalized spacial score (nSPS) is 12.8. The number of benzene rings is 2. The molecule has 0 fully saturated rings. The summed E-state index contributed by atoms with van der Waals surface area (Å²) in [5, 5.41) is 2.68. The van der Waals surface area contributed by atoms with E-state index >= 15 is 0 Å². The van der Waals surface area contributed by atoms with Crippen LogP contribution in [0.15, 0.2) is 54.7 Å². The van der Waals surface area contributed by atoms with Crippen molar-refractivity contribution in [1.29, 1.82) is 0 Å². The molecule has 2 heterocycles. The maximum atomic E-state index is 2.32. The zero-order valence-corrected chi connectivity index (χ0v) is 8.85. The van der Waals surface area contributed by atoms with Crippen LogP contribution in [0, 0.1) is 0 Å². The fraction of sp³-hybridized carbons (Fsp3) is 0.0667. The second-order valence-corrected chi connectivity index (χ2v) is 4.34. The van der Waals surface area contributed by atoms with Crippen molar-refractivity contribution in [3.63, 3.8) is 0 Å². The Bertz CT molecular complexity index is 691. The lowest BCUT2D eigenvalue weighted by Gasteiger charge is -2.07. The van der Waals surface area contributed by atoms with Gasteiger partial charge in [0.1, 0.15) is 0 Å². The highest BCUT2D eigenvalue weighted by Crippen LogP contribution is 2.33. The van der Waals surface area contributed by atoms with Gasteiger partial charge in [0.15, 0.2) is 0 Å². The van der Waals surface area contributed by atoms with Crippen LogP contribution >= 0.6 is 0 Å². The molecular formula is C15H11N. The van der Waals surface area contributed by atoms with Gasteiger partial charge in [-0.1, -0.05) is 36.4 Å². The van der Waals surface area contributed by atoms with Gasteiger partial charge in [0.25, 0.3) is 0 Å². The molecule has 76 valence electrons. The maximum absolute atomic E-state index is 2.32. The van der Waals surface area contributed by atoms with Gasteiger partial charge in [-0.3, -0.25) is 0 Å². The fourth-order valence-corrected chi connectivity index (χ4v) is 2.70. The van der Waals surface area contributed by atoms with Crippen molar-refractivity contribution in [2.75, 3.05) is 0 Å². The number of nitrogens with zero attached hydrogens (tertiary/aromatic N) is 1. The summed E-state index contributed by atoms with van der Waals surface area (Å²) in [4.78, 5) is 0. The fourth-order valence-electron chi connectivity index (χ4n) is 2.70. The quantitative estimate of drug-likeness (QED) is 0.414. The van der Waals surface area contributed by atoms with Gasteiger partial charge < -0.3 is 4.57 Å². The lowest BCUT2D eigenvalue weighted by Crippen LogP contribution is -1.90. The molecular weight excluding hydrogens is 194 g/mol. The van der Waals surface area contributed by atoms with Crippen molar-refractivity contribution in [2.24, 2.45) is 0 Å². The summed E-state index contributed by atoms with van der Waals surface area (Å²) in [6.07, 6.45) is 3.22. The van der Waals surface area contributed by atoms with Crippen LogP contribution in [0.4, 0.5) is 0 Å². The van der Waals surface area contributed by atoms with Gasteiger partial charge in [0.05, 0.1) is 5.69 Å². The van der Waals surface area contributed by atoms with E-state index in [0.29, 0.717) is 0 Å². The monoisotopic (exact) mass is 205 g/mol. The highest BCUT2D eigenvalue weighted by molar-refractivity contribution is 5.92. The maximum Gasteiger partial charge on any atom is 0.0566 e. The van der Waals surface area contributed by atoms with Crippen molar-refractivity contribution in [2.45, 2.75) is 6.42 Å².